The molecule has 2 aliphatic carbocycles. The Kier molecular flexibility index (Phi) is 4.07. The Morgan fingerprint density at radius 2 is 1.53 bits per heavy atom. The highest BCUT2D eigenvalue weighted by Gasteiger charge is 2.28. The Morgan fingerprint density at radius 3 is 2.13 bits per heavy atom. The van der Waals surface area contributed by atoms with E-state index in [1.54, 1.807) is 0 Å². The van der Waals surface area contributed by atoms with E-state index in [0.717, 1.165) is 5.92 Å². The topological polar surface area (TPSA) is 12.0 Å². The van der Waals surface area contributed by atoms with E-state index in [2.05, 4.69) is 12.2 Å². The van der Waals surface area contributed by atoms with Gasteiger partial charge in [0.25, 0.3) is 0 Å². The summed E-state index contributed by atoms with van der Waals surface area (Å²) in [5.41, 5.74) is 0.492. The first kappa shape index (κ1) is 11.4. The maximum Gasteiger partial charge on any atom is 0.0153 e. The van der Waals surface area contributed by atoms with Crippen molar-refractivity contribution in [1.29, 1.82) is 0 Å². The predicted molar refractivity (Wildman–Crippen MR) is 66.1 cm³/mol. The van der Waals surface area contributed by atoms with E-state index < -0.39 is 0 Å². The zero-order valence-corrected chi connectivity index (χ0v) is 10.4. The van der Waals surface area contributed by atoms with Crippen LogP contribution in [0.25, 0.3) is 0 Å². The molecule has 0 heterocycles. The lowest BCUT2D eigenvalue weighted by molar-refractivity contribution is 0.314. The summed E-state index contributed by atoms with van der Waals surface area (Å²) in [6.45, 7) is 3.72. The van der Waals surface area contributed by atoms with Gasteiger partial charge in [0.05, 0.1) is 0 Å². The molecule has 2 aliphatic rings. The Bertz CT molecular complexity index is 174. The average molecular weight is 209 g/mol. The molecule has 0 aromatic rings. The summed E-state index contributed by atoms with van der Waals surface area (Å²) in [6.07, 6.45) is 14.5. The van der Waals surface area contributed by atoms with Gasteiger partial charge in [-0.05, 0) is 45.1 Å². The smallest absolute Gasteiger partial charge is 0.0153 e. The van der Waals surface area contributed by atoms with Crippen LogP contribution in [0.3, 0.4) is 0 Å². The Balaban J connectivity index is 1.71. The molecule has 0 radical (unpaired) electrons. The van der Waals surface area contributed by atoms with Crippen molar-refractivity contribution in [2.24, 2.45) is 5.92 Å². The lowest BCUT2D eigenvalue weighted by atomic mass is 9.96. The largest absolute Gasteiger partial charge is 0.311 e. The van der Waals surface area contributed by atoms with E-state index in [9.17, 15) is 0 Å². The van der Waals surface area contributed by atoms with Crippen molar-refractivity contribution in [3.05, 3.63) is 0 Å². The van der Waals surface area contributed by atoms with Gasteiger partial charge in [-0.15, -0.1) is 0 Å². The molecule has 0 aliphatic heterocycles. The molecular formula is C14H27N. The SMILES string of the molecule is CC1(NCC2CCCCCC2)CCCC1. The van der Waals surface area contributed by atoms with Crippen molar-refractivity contribution < 1.29 is 0 Å². The number of hydrogen-bond donors (Lipinski definition) is 1. The fourth-order valence-electron chi connectivity index (χ4n) is 3.29. The van der Waals surface area contributed by atoms with Crippen LogP contribution in [0.2, 0.25) is 0 Å². The average Bonchev–Trinajstić information content (AvgIpc) is 2.53. The summed E-state index contributed by atoms with van der Waals surface area (Å²) >= 11 is 0. The fourth-order valence-corrected chi connectivity index (χ4v) is 3.29. The Labute approximate surface area is 95.0 Å². The second-order valence-corrected chi connectivity index (χ2v) is 6.01. The van der Waals surface area contributed by atoms with Gasteiger partial charge in [-0.2, -0.15) is 0 Å². The van der Waals surface area contributed by atoms with Crippen molar-refractivity contribution in [2.75, 3.05) is 6.54 Å². The summed E-state index contributed by atoms with van der Waals surface area (Å²) in [4.78, 5) is 0. The molecule has 15 heavy (non-hydrogen) atoms. The zero-order chi connectivity index (χ0) is 10.6. The molecular weight excluding hydrogens is 182 g/mol. The summed E-state index contributed by atoms with van der Waals surface area (Å²) in [5.74, 6) is 0.977. The molecule has 0 saturated heterocycles. The summed E-state index contributed by atoms with van der Waals surface area (Å²) in [6, 6.07) is 0. The first-order valence-corrected chi connectivity index (χ1v) is 7.04. The van der Waals surface area contributed by atoms with Crippen LogP contribution in [0, 0.1) is 5.92 Å². The molecule has 0 aromatic heterocycles. The zero-order valence-electron chi connectivity index (χ0n) is 10.4. The van der Waals surface area contributed by atoms with Gasteiger partial charge in [0.1, 0.15) is 0 Å². The highest BCUT2D eigenvalue weighted by molar-refractivity contribution is 4.88. The quantitative estimate of drug-likeness (QED) is 0.696. The van der Waals surface area contributed by atoms with Gasteiger partial charge in [0, 0.05) is 5.54 Å². The van der Waals surface area contributed by atoms with Gasteiger partial charge in [-0.1, -0.05) is 38.5 Å². The van der Waals surface area contributed by atoms with E-state index in [0.29, 0.717) is 5.54 Å². The number of nitrogens with one attached hydrogen (secondary N) is 1. The van der Waals surface area contributed by atoms with Gasteiger partial charge in [-0.25, -0.2) is 0 Å². The van der Waals surface area contributed by atoms with E-state index in [-0.39, 0.29) is 0 Å². The monoisotopic (exact) mass is 209 g/mol. The van der Waals surface area contributed by atoms with Crippen molar-refractivity contribution in [2.45, 2.75) is 76.7 Å². The minimum absolute atomic E-state index is 0.492. The molecule has 1 heteroatoms. The second-order valence-electron chi connectivity index (χ2n) is 6.01. The molecule has 2 fully saturated rings. The van der Waals surface area contributed by atoms with Gasteiger partial charge >= 0.3 is 0 Å². The van der Waals surface area contributed by atoms with Crippen molar-refractivity contribution in [3.8, 4) is 0 Å². The normalized spacial score (nSPS) is 27.8. The molecule has 0 atom stereocenters. The molecule has 0 bridgehead atoms. The third-order valence-corrected chi connectivity index (χ3v) is 4.50. The van der Waals surface area contributed by atoms with Gasteiger partial charge < -0.3 is 5.32 Å². The van der Waals surface area contributed by atoms with Crippen molar-refractivity contribution >= 4 is 0 Å². The van der Waals surface area contributed by atoms with Crippen LogP contribution in [-0.4, -0.2) is 12.1 Å². The minimum atomic E-state index is 0.492. The van der Waals surface area contributed by atoms with Crippen LogP contribution in [0.5, 0.6) is 0 Å². The highest BCUT2D eigenvalue weighted by Crippen LogP contribution is 2.30. The fraction of sp³-hybridized carbons (Fsp3) is 1.00. The number of rotatable bonds is 3. The molecule has 1 N–H and O–H groups in total. The van der Waals surface area contributed by atoms with E-state index in [4.69, 9.17) is 0 Å². The van der Waals surface area contributed by atoms with E-state index in [1.807, 2.05) is 0 Å². The maximum atomic E-state index is 3.86. The predicted octanol–water partition coefficient (Wildman–Crippen LogP) is 3.88. The van der Waals surface area contributed by atoms with Crippen LogP contribution in [0.15, 0.2) is 0 Å². The standard InChI is InChI=1S/C14H27N/c1-14(10-6-7-11-14)15-12-13-8-4-2-3-5-9-13/h13,15H,2-12H2,1H3. The summed E-state index contributed by atoms with van der Waals surface area (Å²) in [7, 11) is 0. The van der Waals surface area contributed by atoms with Crippen LogP contribution < -0.4 is 5.32 Å². The molecule has 2 saturated carbocycles. The Hall–Kier alpha value is -0.0400. The van der Waals surface area contributed by atoms with Crippen molar-refractivity contribution in [1.82, 2.24) is 5.32 Å². The lowest BCUT2D eigenvalue weighted by Crippen LogP contribution is -2.42. The molecule has 0 unspecified atom stereocenters. The third kappa shape index (κ3) is 3.48. The number of hydrogen-bond acceptors (Lipinski definition) is 1. The van der Waals surface area contributed by atoms with Crippen LogP contribution in [0.1, 0.15) is 71.1 Å². The molecule has 1 nitrogen and oxygen atoms in total. The van der Waals surface area contributed by atoms with Crippen molar-refractivity contribution in [3.63, 3.8) is 0 Å². The van der Waals surface area contributed by atoms with Gasteiger partial charge in [0.2, 0.25) is 0 Å². The molecule has 0 amide bonds. The first-order valence-electron chi connectivity index (χ1n) is 7.04. The third-order valence-electron chi connectivity index (χ3n) is 4.50. The maximum absolute atomic E-state index is 3.86. The van der Waals surface area contributed by atoms with Gasteiger partial charge in [0.15, 0.2) is 0 Å². The summed E-state index contributed by atoms with van der Waals surface area (Å²) in [5, 5.41) is 3.86. The molecule has 0 aromatic carbocycles. The van der Waals surface area contributed by atoms with Crippen LogP contribution >= 0.6 is 0 Å². The first-order chi connectivity index (χ1) is 7.29. The minimum Gasteiger partial charge on any atom is -0.311 e. The second kappa shape index (κ2) is 5.34. The lowest BCUT2D eigenvalue weighted by Gasteiger charge is -2.28. The Morgan fingerprint density at radius 1 is 0.933 bits per heavy atom. The highest BCUT2D eigenvalue weighted by atomic mass is 15.0. The van der Waals surface area contributed by atoms with Crippen LogP contribution in [-0.2, 0) is 0 Å². The van der Waals surface area contributed by atoms with E-state index >= 15 is 0 Å². The molecule has 2 rings (SSSR count). The molecule has 88 valence electrons. The van der Waals surface area contributed by atoms with E-state index in [1.165, 1.54) is 70.8 Å². The molecule has 0 spiro atoms. The van der Waals surface area contributed by atoms with Crippen LogP contribution in [0.4, 0.5) is 0 Å². The van der Waals surface area contributed by atoms with Gasteiger partial charge in [-0.3, -0.25) is 0 Å². The summed E-state index contributed by atoms with van der Waals surface area (Å²) < 4.78 is 0.